The number of phenolic OH excluding ortho intramolecular Hbond substituents is 1. The first-order valence-corrected chi connectivity index (χ1v) is 11.9. The van der Waals surface area contributed by atoms with Crippen molar-refractivity contribution in [3.05, 3.63) is 29.4 Å². The molecular weight excluding hydrogens is 486 g/mol. The van der Waals surface area contributed by atoms with Gasteiger partial charge in [0.05, 0.1) is 19.2 Å². The normalized spacial score (nSPS) is 24.3. The van der Waals surface area contributed by atoms with Gasteiger partial charge in [-0.05, 0) is 37.5 Å². The van der Waals surface area contributed by atoms with Crippen molar-refractivity contribution in [1.82, 2.24) is 4.98 Å². The first-order valence-electron chi connectivity index (χ1n) is 11.9. The standard InChI is InChI=1S/C24H27F4N3O5/c1-3-23(34-2)10-31(11-23)22-30-19(18(36-22)9-24(26,27)28)21(33)29-14-7-16(25)20(17(32)8-14)35-15-5-12-4-13(12)6-15/h7-8,12-13,15,32H,3-6,9-11H2,1-2H3,(H,29,33)/t12-,13?,15?/m1/s1. The maximum absolute atomic E-state index is 14.7. The summed E-state index contributed by atoms with van der Waals surface area (Å²) in [6.45, 7) is 2.61. The Labute approximate surface area is 204 Å². The molecule has 1 saturated heterocycles. The van der Waals surface area contributed by atoms with Crippen molar-refractivity contribution in [2.45, 2.75) is 56.9 Å². The number of nitrogens with one attached hydrogen (secondary N) is 1. The first-order chi connectivity index (χ1) is 17.0. The van der Waals surface area contributed by atoms with Crippen molar-refractivity contribution in [3.8, 4) is 11.5 Å². The predicted molar refractivity (Wildman–Crippen MR) is 120 cm³/mol. The molecule has 3 fully saturated rings. The molecule has 0 radical (unpaired) electrons. The van der Waals surface area contributed by atoms with E-state index in [-0.39, 0.29) is 23.6 Å². The summed E-state index contributed by atoms with van der Waals surface area (Å²) in [4.78, 5) is 18.4. The van der Waals surface area contributed by atoms with E-state index in [1.807, 2.05) is 6.92 Å². The molecular formula is C24H27F4N3O5. The van der Waals surface area contributed by atoms with Crippen molar-refractivity contribution in [2.75, 3.05) is 30.4 Å². The van der Waals surface area contributed by atoms with E-state index in [0.717, 1.165) is 31.4 Å². The SMILES string of the molecule is CCC1(OC)CN(c2nc(C(=O)Nc3cc(O)c(OC4CC5C[C@@H]5C4)c(F)c3)c(CC(F)(F)F)o2)C1. The Morgan fingerprint density at radius 1 is 1.28 bits per heavy atom. The minimum absolute atomic E-state index is 0.132. The average molecular weight is 513 g/mol. The van der Waals surface area contributed by atoms with E-state index in [1.165, 1.54) is 0 Å². The van der Waals surface area contributed by atoms with Crippen LogP contribution < -0.4 is 15.0 Å². The number of nitrogens with zero attached hydrogens (tertiary/aromatic N) is 2. The number of fused-ring (bicyclic) bond motifs is 1. The van der Waals surface area contributed by atoms with Gasteiger partial charge in [-0.3, -0.25) is 4.79 Å². The molecule has 1 aromatic heterocycles. The Morgan fingerprint density at radius 2 is 1.97 bits per heavy atom. The van der Waals surface area contributed by atoms with Gasteiger partial charge in [0.15, 0.2) is 23.0 Å². The van der Waals surface area contributed by atoms with E-state index >= 15 is 0 Å². The molecule has 2 saturated carbocycles. The van der Waals surface area contributed by atoms with Gasteiger partial charge < -0.3 is 29.2 Å². The fraction of sp³-hybridized carbons (Fsp3) is 0.583. The van der Waals surface area contributed by atoms with Crippen LogP contribution in [0.2, 0.25) is 0 Å². The number of hydrogen-bond acceptors (Lipinski definition) is 7. The second-order valence-electron chi connectivity index (χ2n) is 9.88. The summed E-state index contributed by atoms with van der Waals surface area (Å²) >= 11 is 0. The third-order valence-corrected chi connectivity index (χ3v) is 7.33. The van der Waals surface area contributed by atoms with Gasteiger partial charge >= 0.3 is 6.18 Å². The molecule has 2 aromatic rings. The summed E-state index contributed by atoms with van der Waals surface area (Å²) in [5.41, 5.74) is -1.19. The van der Waals surface area contributed by atoms with Gasteiger partial charge in [0.2, 0.25) is 0 Å². The lowest BCUT2D eigenvalue weighted by Crippen LogP contribution is -2.62. The van der Waals surface area contributed by atoms with E-state index in [4.69, 9.17) is 13.9 Å². The maximum atomic E-state index is 14.7. The number of halogens is 4. The number of oxazole rings is 1. The van der Waals surface area contributed by atoms with Crippen molar-refractivity contribution >= 4 is 17.6 Å². The van der Waals surface area contributed by atoms with Crippen molar-refractivity contribution < 1.29 is 41.4 Å². The number of anilines is 2. The molecule has 1 aromatic carbocycles. The van der Waals surface area contributed by atoms with E-state index in [9.17, 15) is 27.5 Å². The number of ether oxygens (including phenoxy) is 2. The highest BCUT2D eigenvalue weighted by Gasteiger charge is 2.47. The number of aromatic nitrogens is 1. The fourth-order valence-electron chi connectivity index (χ4n) is 5.12. The molecule has 2 aliphatic carbocycles. The smallest absolute Gasteiger partial charge is 0.396 e. The van der Waals surface area contributed by atoms with Crippen LogP contribution in [-0.2, 0) is 11.2 Å². The number of carbonyl (C=O) groups excluding carboxylic acids is 1. The Bertz CT molecular complexity index is 1120. The van der Waals surface area contributed by atoms with Crippen LogP contribution in [0.15, 0.2) is 16.5 Å². The molecule has 1 aliphatic heterocycles. The summed E-state index contributed by atoms with van der Waals surface area (Å²) < 4.78 is 70.5. The van der Waals surface area contributed by atoms with Gasteiger partial charge in [-0.1, -0.05) is 6.92 Å². The molecule has 3 atom stereocenters. The molecule has 2 N–H and O–H groups in total. The van der Waals surface area contributed by atoms with Crippen LogP contribution in [0.3, 0.4) is 0 Å². The van der Waals surface area contributed by atoms with E-state index < -0.39 is 47.1 Å². The molecule has 0 spiro atoms. The monoisotopic (exact) mass is 513 g/mol. The van der Waals surface area contributed by atoms with Gasteiger partial charge in [0.25, 0.3) is 11.9 Å². The van der Waals surface area contributed by atoms with Crippen molar-refractivity contribution in [3.63, 3.8) is 0 Å². The quantitative estimate of drug-likeness (QED) is 0.495. The van der Waals surface area contributed by atoms with Crippen LogP contribution in [0.25, 0.3) is 0 Å². The lowest BCUT2D eigenvalue weighted by atomic mass is 9.91. The summed E-state index contributed by atoms with van der Waals surface area (Å²) in [5.74, 6) is -2.21. The first kappa shape index (κ1) is 24.7. The largest absolute Gasteiger partial charge is 0.504 e. The van der Waals surface area contributed by atoms with E-state index in [0.29, 0.717) is 31.3 Å². The zero-order valence-electron chi connectivity index (χ0n) is 19.8. The molecule has 36 heavy (non-hydrogen) atoms. The van der Waals surface area contributed by atoms with Crippen LogP contribution in [0.5, 0.6) is 11.5 Å². The second kappa shape index (κ2) is 8.82. The second-order valence-corrected chi connectivity index (χ2v) is 9.88. The Morgan fingerprint density at radius 3 is 2.56 bits per heavy atom. The van der Waals surface area contributed by atoms with E-state index in [2.05, 4.69) is 10.3 Å². The maximum Gasteiger partial charge on any atom is 0.396 e. The van der Waals surface area contributed by atoms with Crippen molar-refractivity contribution in [1.29, 1.82) is 0 Å². The highest BCUT2D eigenvalue weighted by molar-refractivity contribution is 6.04. The molecule has 2 heterocycles. The molecule has 2 unspecified atom stereocenters. The molecule has 3 aliphatic rings. The number of benzene rings is 1. The lowest BCUT2D eigenvalue weighted by molar-refractivity contribution is -0.130. The summed E-state index contributed by atoms with van der Waals surface area (Å²) in [5, 5.41) is 12.6. The number of methoxy groups -OCH3 is 1. The molecule has 1 amide bonds. The summed E-state index contributed by atoms with van der Waals surface area (Å²) in [7, 11) is 1.55. The Hall–Kier alpha value is -3.02. The Balaban J connectivity index is 1.32. The lowest BCUT2D eigenvalue weighted by Gasteiger charge is -2.47. The van der Waals surface area contributed by atoms with Gasteiger partial charge in [0, 0.05) is 24.9 Å². The van der Waals surface area contributed by atoms with Crippen LogP contribution in [0, 0.1) is 17.7 Å². The minimum Gasteiger partial charge on any atom is -0.504 e. The number of aromatic hydroxyl groups is 1. The number of carbonyl (C=O) groups is 1. The molecule has 8 nitrogen and oxygen atoms in total. The Kier molecular flexibility index (Phi) is 6.05. The van der Waals surface area contributed by atoms with Gasteiger partial charge in [-0.15, -0.1) is 0 Å². The van der Waals surface area contributed by atoms with Gasteiger partial charge in [0.1, 0.15) is 17.8 Å². The third kappa shape index (κ3) is 4.82. The van der Waals surface area contributed by atoms with Crippen LogP contribution in [0.1, 0.15) is 48.9 Å². The van der Waals surface area contributed by atoms with Gasteiger partial charge in [-0.2, -0.15) is 18.2 Å². The van der Waals surface area contributed by atoms with E-state index in [1.54, 1.807) is 12.0 Å². The summed E-state index contributed by atoms with van der Waals surface area (Å²) in [6.07, 6.45) is -2.89. The fourth-order valence-corrected chi connectivity index (χ4v) is 5.12. The zero-order chi connectivity index (χ0) is 25.8. The summed E-state index contributed by atoms with van der Waals surface area (Å²) in [6, 6.07) is 1.89. The number of hydrogen-bond donors (Lipinski definition) is 2. The zero-order valence-corrected chi connectivity index (χ0v) is 19.8. The molecule has 0 bridgehead atoms. The van der Waals surface area contributed by atoms with Crippen LogP contribution in [-0.4, -0.2) is 54.1 Å². The molecule has 196 valence electrons. The third-order valence-electron chi connectivity index (χ3n) is 7.33. The molecule has 5 rings (SSSR count). The van der Waals surface area contributed by atoms with Crippen LogP contribution in [0.4, 0.5) is 29.3 Å². The number of amides is 1. The number of rotatable bonds is 8. The highest BCUT2D eigenvalue weighted by Crippen LogP contribution is 2.53. The predicted octanol–water partition coefficient (Wildman–Crippen LogP) is 4.67. The van der Waals surface area contributed by atoms with Gasteiger partial charge in [-0.25, -0.2) is 4.39 Å². The number of phenols is 1. The van der Waals surface area contributed by atoms with Crippen molar-refractivity contribution in [2.24, 2.45) is 11.8 Å². The number of alkyl halides is 3. The molecule has 12 heteroatoms. The van der Waals surface area contributed by atoms with Crippen LogP contribution >= 0.6 is 0 Å². The highest BCUT2D eigenvalue weighted by atomic mass is 19.4. The average Bonchev–Trinajstić information content (AvgIpc) is 3.17. The topological polar surface area (TPSA) is 97.1 Å². The minimum atomic E-state index is -4.65.